The third-order valence-electron chi connectivity index (χ3n) is 5.04. The number of amides is 1. The Balaban J connectivity index is 1.77. The zero-order valence-corrected chi connectivity index (χ0v) is 13.4. The van der Waals surface area contributed by atoms with E-state index in [-0.39, 0.29) is 5.92 Å². The first kappa shape index (κ1) is 16.7. The molecule has 0 atom stereocenters. The van der Waals surface area contributed by atoms with Gasteiger partial charge in [-0.1, -0.05) is 0 Å². The number of nitrogens with two attached hydrogens (primary N) is 1. The first-order valence-electron chi connectivity index (χ1n) is 8.44. The maximum Gasteiger partial charge on any atom is 0.225 e. The average molecular weight is 297 g/mol. The third kappa shape index (κ3) is 4.94. The predicted octanol–water partition coefficient (Wildman–Crippen LogP) is 0.932. The van der Waals surface area contributed by atoms with Gasteiger partial charge in [0.2, 0.25) is 5.91 Å². The maximum absolute atomic E-state index is 12.7. The fourth-order valence-corrected chi connectivity index (χ4v) is 3.54. The minimum atomic E-state index is 0.248. The first-order valence-corrected chi connectivity index (χ1v) is 8.44. The quantitative estimate of drug-likeness (QED) is 0.820. The van der Waals surface area contributed by atoms with Crippen LogP contribution in [-0.4, -0.2) is 68.7 Å². The van der Waals surface area contributed by atoms with Gasteiger partial charge in [0, 0.05) is 39.2 Å². The molecule has 122 valence electrons. The Hall–Kier alpha value is -0.650. The van der Waals surface area contributed by atoms with Crippen LogP contribution in [-0.2, 0) is 9.53 Å². The summed E-state index contributed by atoms with van der Waals surface area (Å²) in [5.41, 5.74) is 5.73. The summed E-state index contributed by atoms with van der Waals surface area (Å²) in [5, 5.41) is 0. The highest BCUT2D eigenvalue weighted by molar-refractivity contribution is 5.79. The van der Waals surface area contributed by atoms with E-state index in [9.17, 15) is 4.79 Å². The molecule has 0 aromatic carbocycles. The standard InChI is InChI=1S/C16H31N3O2/c1-21-12-11-18-7-2-8-19(10-9-18)16(20)15-5-3-14(13-17)4-6-15/h14-15H,2-13,17H2,1H3. The highest BCUT2D eigenvalue weighted by Gasteiger charge is 2.29. The summed E-state index contributed by atoms with van der Waals surface area (Å²) in [5.74, 6) is 1.28. The van der Waals surface area contributed by atoms with E-state index in [1.54, 1.807) is 7.11 Å². The van der Waals surface area contributed by atoms with Crippen LogP contribution in [0.25, 0.3) is 0 Å². The molecular weight excluding hydrogens is 266 g/mol. The van der Waals surface area contributed by atoms with E-state index in [4.69, 9.17) is 10.5 Å². The molecule has 2 aliphatic rings. The molecule has 0 spiro atoms. The van der Waals surface area contributed by atoms with E-state index in [1.807, 2.05) is 0 Å². The van der Waals surface area contributed by atoms with Gasteiger partial charge in [0.15, 0.2) is 0 Å². The molecule has 1 aliphatic heterocycles. The molecule has 2 rings (SSSR count). The van der Waals surface area contributed by atoms with Crippen molar-refractivity contribution < 1.29 is 9.53 Å². The minimum absolute atomic E-state index is 0.248. The molecule has 0 aromatic rings. The summed E-state index contributed by atoms with van der Waals surface area (Å²) >= 11 is 0. The van der Waals surface area contributed by atoms with Crippen LogP contribution in [0.15, 0.2) is 0 Å². The van der Waals surface area contributed by atoms with E-state index in [2.05, 4.69) is 9.80 Å². The number of rotatable bonds is 5. The SMILES string of the molecule is COCCN1CCCN(C(=O)C2CCC(CN)CC2)CC1. The summed E-state index contributed by atoms with van der Waals surface area (Å²) in [6.07, 6.45) is 5.39. The monoisotopic (exact) mass is 297 g/mol. The fourth-order valence-electron chi connectivity index (χ4n) is 3.54. The number of carbonyl (C=O) groups is 1. The molecule has 21 heavy (non-hydrogen) atoms. The summed E-state index contributed by atoms with van der Waals surface area (Å²) < 4.78 is 5.14. The van der Waals surface area contributed by atoms with Crippen molar-refractivity contribution in [3.8, 4) is 0 Å². The predicted molar refractivity (Wildman–Crippen MR) is 84.0 cm³/mol. The van der Waals surface area contributed by atoms with E-state index >= 15 is 0 Å². The van der Waals surface area contributed by atoms with Crippen molar-refractivity contribution in [1.82, 2.24) is 9.80 Å². The van der Waals surface area contributed by atoms with Gasteiger partial charge in [-0.2, -0.15) is 0 Å². The lowest BCUT2D eigenvalue weighted by Crippen LogP contribution is -2.40. The first-order chi connectivity index (χ1) is 10.2. The number of nitrogens with zero attached hydrogens (tertiary/aromatic N) is 2. The topological polar surface area (TPSA) is 58.8 Å². The molecule has 0 aromatic heterocycles. The van der Waals surface area contributed by atoms with Crippen LogP contribution in [0.1, 0.15) is 32.1 Å². The van der Waals surface area contributed by atoms with E-state index in [0.29, 0.717) is 11.8 Å². The lowest BCUT2D eigenvalue weighted by atomic mass is 9.81. The lowest BCUT2D eigenvalue weighted by molar-refractivity contribution is -0.136. The molecule has 1 saturated carbocycles. The summed E-state index contributed by atoms with van der Waals surface area (Å²) in [6.45, 7) is 6.37. The highest BCUT2D eigenvalue weighted by Crippen LogP contribution is 2.29. The van der Waals surface area contributed by atoms with Gasteiger partial charge in [0.05, 0.1) is 6.61 Å². The molecule has 1 aliphatic carbocycles. The van der Waals surface area contributed by atoms with E-state index < -0.39 is 0 Å². The second-order valence-electron chi connectivity index (χ2n) is 6.47. The number of carbonyl (C=O) groups excluding carboxylic acids is 1. The van der Waals surface area contributed by atoms with Crippen LogP contribution in [0.2, 0.25) is 0 Å². The Kier molecular flexibility index (Phi) is 6.93. The molecule has 1 heterocycles. The molecule has 2 fully saturated rings. The van der Waals surface area contributed by atoms with Crippen molar-refractivity contribution in [2.24, 2.45) is 17.6 Å². The van der Waals surface area contributed by atoms with Gasteiger partial charge >= 0.3 is 0 Å². The minimum Gasteiger partial charge on any atom is -0.383 e. The summed E-state index contributed by atoms with van der Waals surface area (Å²) in [4.78, 5) is 17.2. The Bertz CT molecular complexity index is 317. The molecule has 0 bridgehead atoms. The van der Waals surface area contributed by atoms with Crippen molar-refractivity contribution in [1.29, 1.82) is 0 Å². The Morgan fingerprint density at radius 3 is 2.57 bits per heavy atom. The van der Waals surface area contributed by atoms with E-state index in [1.165, 1.54) is 0 Å². The average Bonchev–Trinajstić information content (AvgIpc) is 2.78. The van der Waals surface area contributed by atoms with Gasteiger partial charge in [0.25, 0.3) is 0 Å². The number of ether oxygens (including phenoxy) is 1. The Morgan fingerprint density at radius 1 is 1.14 bits per heavy atom. The van der Waals surface area contributed by atoms with Crippen molar-refractivity contribution in [2.75, 3.05) is 53.0 Å². The fraction of sp³-hybridized carbons (Fsp3) is 0.938. The second kappa shape index (κ2) is 8.71. The van der Waals surface area contributed by atoms with Crippen molar-refractivity contribution in [3.05, 3.63) is 0 Å². The third-order valence-corrected chi connectivity index (χ3v) is 5.04. The summed E-state index contributed by atoms with van der Waals surface area (Å²) in [6, 6.07) is 0. The molecular formula is C16H31N3O2. The number of hydrogen-bond acceptors (Lipinski definition) is 4. The van der Waals surface area contributed by atoms with Crippen molar-refractivity contribution in [2.45, 2.75) is 32.1 Å². The smallest absolute Gasteiger partial charge is 0.225 e. The van der Waals surface area contributed by atoms with Crippen LogP contribution in [0.5, 0.6) is 0 Å². The summed E-state index contributed by atoms with van der Waals surface area (Å²) in [7, 11) is 1.74. The van der Waals surface area contributed by atoms with Gasteiger partial charge in [-0.15, -0.1) is 0 Å². The van der Waals surface area contributed by atoms with Crippen LogP contribution in [0.3, 0.4) is 0 Å². The maximum atomic E-state index is 12.7. The van der Waals surface area contributed by atoms with Crippen molar-refractivity contribution >= 4 is 5.91 Å². The van der Waals surface area contributed by atoms with Crippen LogP contribution >= 0.6 is 0 Å². The number of methoxy groups -OCH3 is 1. The van der Waals surface area contributed by atoms with E-state index in [0.717, 1.165) is 78.0 Å². The molecule has 2 N–H and O–H groups in total. The second-order valence-corrected chi connectivity index (χ2v) is 6.47. The van der Waals surface area contributed by atoms with Gasteiger partial charge in [-0.25, -0.2) is 0 Å². The Labute approximate surface area is 128 Å². The lowest BCUT2D eigenvalue weighted by Gasteiger charge is -2.31. The van der Waals surface area contributed by atoms with Crippen LogP contribution in [0.4, 0.5) is 0 Å². The van der Waals surface area contributed by atoms with Crippen LogP contribution in [0, 0.1) is 11.8 Å². The number of hydrogen-bond donors (Lipinski definition) is 1. The zero-order chi connectivity index (χ0) is 15.1. The highest BCUT2D eigenvalue weighted by atomic mass is 16.5. The van der Waals surface area contributed by atoms with Crippen molar-refractivity contribution in [3.63, 3.8) is 0 Å². The molecule has 5 heteroatoms. The molecule has 0 radical (unpaired) electrons. The van der Waals surface area contributed by atoms with Gasteiger partial charge in [-0.3, -0.25) is 9.69 Å². The van der Waals surface area contributed by atoms with Gasteiger partial charge < -0.3 is 15.4 Å². The van der Waals surface area contributed by atoms with Gasteiger partial charge in [0.1, 0.15) is 0 Å². The molecule has 1 saturated heterocycles. The van der Waals surface area contributed by atoms with Gasteiger partial charge in [-0.05, 0) is 51.1 Å². The molecule has 1 amide bonds. The Morgan fingerprint density at radius 2 is 1.90 bits per heavy atom. The normalized spacial score (nSPS) is 28.4. The molecule has 5 nitrogen and oxygen atoms in total. The zero-order valence-electron chi connectivity index (χ0n) is 13.4. The molecule has 0 unspecified atom stereocenters. The van der Waals surface area contributed by atoms with Crippen LogP contribution < -0.4 is 5.73 Å². The largest absolute Gasteiger partial charge is 0.383 e.